The number of rotatable bonds is 4. The largest absolute Gasteiger partial charge is 0.366 e. The van der Waals surface area contributed by atoms with Gasteiger partial charge in [0.15, 0.2) is 0 Å². The van der Waals surface area contributed by atoms with Crippen LogP contribution < -0.4 is 5.73 Å². The van der Waals surface area contributed by atoms with Crippen molar-refractivity contribution in [2.75, 3.05) is 0 Å². The average Bonchev–Trinajstić information content (AvgIpc) is 3.61. The van der Waals surface area contributed by atoms with E-state index in [1.807, 2.05) is 30.3 Å². The second-order valence-electron chi connectivity index (χ2n) is 10.2. The van der Waals surface area contributed by atoms with Crippen molar-refractivity contribution in [1.82, 2.24) is 19.9 Å². The minimum Gasteiger partial charge on any atom is -0.366 e. The molecule has 3 N–H and O–H groups in total. The number of hydrogen-bond donors (Lipinski definition) is 2. The van der Waals surface area contributed by atoms with Gasteiger partial charge in [-0.25, -0.2) is 4.98 Å². The Morgan fingerprint density at radius 3 is 2.47 bits per heavy atom. The van der Waals surface area contributed by atoms with Crippen molar-refractivity contribution in [3.63, 3.8) is 0 Å². The lowest BCUT2D eigenvalue weighted by Crippen LogP contribution is -2.19. The SMILES string of the molecule is NC(=O)c1c(C2c3ccccc3-c3c(-c4nc5ccncc5[nH]4)cccc32)c(C2CC2)nc2ccccc12. The zero-order valence-electron chi connectivity index (χ0n) is 20.5. The van der Waals surface area contributed by atoms with Gasteiger partial charge in [0, 0.05) is 34.7 Å². The Hall–Kier alpha value is -4.84. The Balaban J connectivity index is 1.45. The van der Waals surface area contributed by atoms with E-state index in [1.54, 1.807) is 12.4 Å². The highest BCUT2D eigenvalue weighted by atomic mass is 16.1. The summed E-state index contributed by atoms with van der Waals surface area (Å²) < 4.78 is 0. The molecule has 2 aliphatic carbocycles. The second-order valence-corrected chi connectivity index (χ2v) is 10.2. The van der Waals surface area contributed by atoms with E-state index in [2.05, 4.69) is 52.4 Å². The van der Waals surface area contributed by atoms with E-state index in [9.17, 15) is 4.79 Å². The van der Waals surface area contributed by atoms with Crippen molar-refractivity contribution in [3.8, 4) is 22.5 Å². The van der Waals surface area contributed by atoms with Crippen LogP contribution in [0.5, 0.6) is 0 Å². The number of carbonyl (C=O) groups is 1. The van der Waals surface area contributed by atoms with Gasteiger partial charge in [-0.2, -0.15) is 0 Å². The number of hydrogen-bond acceptors (Lipinski definition) is 4. The number of nitrogens with one attached hydrogen (secondary N) is 1. The van der Waals surface area contributed by atoms with Crippen LogP contribution in [0.2, 0.25) is 0 Å². The van der Waals surface area contributed by atoms with Gasteiger partial charge in [0.1, 0.15) is 5.82 Å². The molecular formula is C32H23N5O. The van der Waals surface area contributed by atoms with Crippen molar-refractivity contribution in [3.05, 3.63) is 113 Å². The molecule has 3 heterocycles. The van der Waals surface area contributed by atoms with E-state index >= 15 is 0 Å². The Labute approximate surface area is 218 Å². The number of nitrogens with two attached hydrogens (primary N) is 1. The molecule has 1 unspecified atom stereocenters. The Bertz CT molecular complexity index is 1900. The van der Waals surface area contributed by atoms with Crippen LogP contribution in [-0.4, -0.2) is 25.8 Å². The minimum atomic E-state index is -0.410. The molecular weight excluding hydrogens is 470 g/mol. The van der Waals surface area contributed by atoms with Gasteiger partial charge in [-0.1, -0.05) is 60.7 Å². The maximum absolute atomic E-state index is 13.2. The molecule has 2 aliphatic rings. The Kier molecular flexibility index (Phi) is 4.38. The van der Waals surface area contributed by atoms with Crippen LogP contribution in [0, 0.1) is 0 Å². The molecule has 1 fully saturated rings. The lowest BCUT2D eigenvalue weighted by Gasteiger charge is -2.22. The summed E-state index contributed by atoms with van der Waals surface area (Å²) in [5.74, 6) is 0.583. The zero-order valence-corrected chi connectivity index (χ0v) is 20.5. The number of nitrogens with zero attached hydrogens (tertiary/aromatic N) is 3. The van der Waals surface area contributed by atoms with E-state index < -0.39 is 5.91 Å². The standard InChI is InChI=1S/C32H23N5O/c33-31(38)28-20-8-3-4-11-23(20)35-30(17-12-13-17)29(28)27-19-7-2-1-6-18(19)26-21(27)9-5-10-22(26)32-36-24-14-15-34-16-25(24)37-32/h1-11,14-17,27H,12-13H2,(H2,33,38)(H,36,37). The van der Waals surface area contributed by atoms with Gasteiger partial charge in [-0.05, 0) is 52.8 Å². The van der Waals surface area contributed by atoms with Crippen molar-refractivity contribution in [2.45, 2.75) is 24.7 Å². The summed E-state index contributed by atoms with van der Waals surface area (Å²) >= 11 is 0. The predicted octanol–water partition coefficient (Wildman–Crippen LogP) is 6.31. The van der Waals surface area contributed by atoms with E-state index in [4.69, 9.17) is 15.7 Å². The Morgan fingerprint density at radius 1 is 0.842 bits per heavy atom. The first-order valence-corrected chi connectivity index (χ1v) is 12.9. The normalized spacial score (nSPS) is 16.1. The monoisotopic (exact) mass is 493 g/mol. The maximum Gasteiger partial charge on any atom is 0.249 e. The molecule has 1 saturated carbocycles. The number of aromatic amines is 1. The lowest BCUT2D eigenvalue weighted by atomic mass is 9.82. The van der Waals surface area contributed by atoms with Crippen LogP contribution in [-0.2, 0) is 0 Å². The molecule has 0 aliphatic heterocycles. The number of aromatic nitrogens is 4. The number of benzene rings is 3. The third kappa shape index (κ3) is 3.00. The molecule has 8 rings (SSSR count). The summed E-state index contributed by atoms with van der Waals surface area (Å²) in [5.41, 5.74) is 16.9. The van der Waals surface area contributed by atoms with Gasteiger partial charge in [0.2, 0.25) is 5.91 Å². The summed E-state index contributed by atoms with van der Waals surface area (Å²) in [6.45, 7) is 0. The molecule has 6 aromatic rings. The first-order valence-electron chi connectivity index (χ1n) is 12.9. The number of amides is 1. The first-order chi connectivity index (χ1) is 18.7. The molecule has 1 amide bonds. The van der Waals surface area contributed by atoms with Gasteiger partial charge >= 0.3 is 0 Å². The summed E-state index contributed by atoms with van der Waals surface area (Å²) in [7, 11) is 0. The van der Waals surface area contributed by atoms with Crippen molar-refractivity contribution in [2.24, 2.45) is 5.73 Å². The number of H-pyrrole nitrogens is 1. The van der Waals surface area contributed by atoms with E-state index in [0.29, 0.717) is 11.5 Å². The number of imidazole rings is 1. The van der Waals surface area contributed by atoms with E-state index in [0.717, 1.165) is 79.7 Å². The van der Waals surface area contributed by atoms with Crippen molar-refractivity contribution >= 4 is 27.8 Å². The van der Waals surface area contributed by atoms with Crippen LogP contribution in [0.3, 0.4) is 0 Å². The topological polar surface area (TPSA) is 97.5 Å². The molecule has 0 bridgehead atoms. The number of fused-ring (bicyclic) bond motifs is 5. The number of para-hydroxylation sites is 1. The summed E-state index contributed by atoms with van der Waals surface area (Å²) in [6, 6.07) is 24.6. The highest BCUT2D eigenvalue weighted by molar-refractivity contribution is 6.08. The molecule has 0 saturated heterocycles. The van der Waals surface area contributed by atoms with Gasteiger partial charge in [0.05, 0.1) is 28.3 Å². The first kappa shape index (κ1) is 21.3. The highest BCUT2D eigenvalue weighted by Crippen LogP contribution is 2.55. The number of primary amides is 1. The van der Waals surface area contributed by atoms with Crippen LogP contribution in [0.25, 0.3) is 44.5 Å². The van der Waals surface area contributed by atoms with Gasteiger partial charge in [-0.15, -0.1) is 0 Å². The van der Waals surface area contributed by atoms with Crippen LogP contribution >= 0.6 is 0 Å². The summed E-state index contributed by atoms with van der Waals surface area (Å²) in [4.78, 5) is 30.9. The zero-order chi connectivity index (χ0) is 25.4. The van der Waals surface area contributed by atoms with Gasteiger partial charge in [0.25, 0.3) is 0 Å². The van der Waals surface area contributed by atoms with Crippen molar-refractivity contribution in [1.29, 1.82) is 0 Å². The quantitative estimate of drug-likeness (QED) is 0.300. The van der Waals surface area contributed by atoms with Crippen LogP contribution in [0.1, 0.15) is 57.4 Å². The third-order valence-corrected chi connectivity index (χ3v) is 7.95. The fourth-order valence-electron chi connectivity index (χ4n) is 6.22. The molecule has 6 nitrogen and oxygen atoms in total. The molecule has 0 spiro atoms. The van der Waals surface area contributed by atoms with Crippen LogP contribution in [0.4, 0.5) is 0 Å². The summed E-state index contributed by atoms with van der Waals surface area (Å²) in [5, 5.41) is 0.811. The molecule has 3 aromatic heterocycles. The molecule has 182 valence electrons. The second kappa shape index (κ2) is 7.83. The van der Waals surface area contributed by atoms with Crippen molar-refractivity contribution < 1.29 is 4.79 Å². The molecule has 3 aromatic carbocycles. The molecule has 0 radical (unpaired) electrons. The smallest absolute Gasteiger partial charge is 0.249 e. The molecule has 1 atom stereocenters. The summed E-state index contributed by atoms with van der Waals surface area (Å²) in [6.07, 6.45) is 5.70. The fraction of sp³-hybridized carbons (Fsp3) is 0.125. The van der Waals surface area contributed by atoms with Crippen LogP contribution in [0.15, 0.2) is 85.2 Å². The third-order valence-electron chi connectivity index (χ3n) is 7.95. The lowest BCUT2D eigenvalue weighted by molar-refractivity contribution is 0.100. The van der Waals surface area contributed by atoms with Gasteiger partial charge in [-0.3, -0.25) is 14.8 Å². The number of carbonyl (C=O) groups excluding carboxylic acids is 1. The van der Waals surface area contributed by atoms with E-state index in [-0.39, 0.29) is 5.92 Å². The average molecular weight is 494 g/mol. The maximum atomic E-state index is 13.2. The van der Waals surface area contributed by atoms with E-state index in [1.165, 1.54) is 0 Å². The molecule has 6 heteroatoms. The predicted molar refractivity (Wildman–Crippen MR) is 148 cm³/mol. The Morgan fingerprint density at radius 2 is 1.63 bits per heavy atom. The minimum absolute atomic E-state index is 0.151. The highest BCUT2D eigenvalue weighted by Gasteiger charge is 2.40. The molecule has 38 heavy (non-hydrogen) atoms. The number of pyridine rings is 2. The fourth-order valence-corrected chi connectivity index (χ4v) is 6.22. The van der Waals surface area contributed by atoms with Gasteiger partial charge < -0.3 is 10.7 Å².